The number of para-hydroxylation sites is 2. The molecular weight excluding hydrogens is 548 g/mol. The van der Waals surface area contributed by atoms with Crippen LogP contribution in [0.3, 0.4) is 0 Å². The van der Waals surface area contributed by atoms with Crippen LogP contribution in [-0.4, -0.2) is 36.5 Å². The van der Waals surface area contributed by atoms with Gasteiger partial charge in [-0.05, 0) is 84.8 Å². The van der Waals surface area contributed by atoms with Gasteiger partial charge in [-0.1, -0.05) is 43.7 Å². The van der Waals surface area contributed by atoms with Crippen molar-refractivity contribution in [3.63, 3.8) is 0 Å². The van der Waals surface area contributed by atoms with Gasteiger partial charge >= 0.3 is 17.8 Å². The average molecular weight is 579 g/mol. The summed E-state index contributed by atoms with van der Waals surface area (Å²) in [5, 5.41) is 8.98. The van der Waals surface area contributed by atoms with Crippen molar-refractivity contribution in [2.24, 2.45) is 5.10 Å². The van der Waals surface area contributed by atoms with Crippen LogP contribution < -0.4 is 25.5 Å². The van der Waals surface area contributed by atoms with E-state index in [2.05, 4.69) is 28.1 Å². The first-order valence-corrected chi connectivity index (χ1v) is 13.6. The summed E-state index contributed by atoms with van der Waals surface area (Å²) in [6.07, 6.45) is 3.32. The number of benzene rings is 4. The number of carbonyl (C=O) groups is 4. The first kappa shape index (κ1) is 30.2. The number of carbonyl (C=O) groups excluding carboxylic acids is 4. The molecule has 0 unspecified atom stereocenters. The van der Waals surface area contributed by atoms with Gasteiger partial charge in [0.2, 0.25) is 0 Å². The standard InChI is InChI=1S/C33H30N4O6/c1-2-3-21-42-26-19-15-24(16-20-26)33(41)43-27-17-13-23(14-18-27)22-34-37-32(40)31(39)36-29-12-8-7-11-28(29)30(38)35-25-9-5-4-6-10-25/h4-20,22H,2-3,21H2,1H3,(H,35,38)(H,36,39)(H,37,40)/b34-22-. The smallest absolute Gasteiger partial charge is 0.343 e. The van der Waals surface area contributed by atoms with Crippen LogP contribution in [0.5, 0.6) is 11.5 Å². The molecule has 43 heavy (non-hydrogen) atoms. The van der Waals surface area contributed by atoms with Crippen LogP contribution in [0.15, 0.2) is 108 Å². The predicted octanol–water partition coefficient (Wildman–Crippen LogP) is 5.43. The molecule has 0 aromatic heterocycles. The lowest BCUT2D eigenvalue weighted by Gasteiger charge is -2.11. The number of rotatable bonds is 11. The van der Waals surface area contributed by atoms with Crippen molar-refractivity contribution >= 4 is 41.3 Å². The van der Waals surface area contributed by atoms with Crippen LogP contribution >= 0.6 is 0 Å². The average Bonchev–Trinajstić information content (AvgIpc) is 3.03. The number of ether oxygens (including phenoxy) is 2. The normalized spacial score (nSPS) is 10.5. The molecule has 4 aromatic rings. The van der Waals surface area contributed by atoms with Crippen molar-refractivity contribution in [3.8, 4) is 11.5 Å². The second kappa shape index (κ2) is 15.3. The molecule has 4 aromatic carbocycles. The Morgan fingerprint density at radius 1 is 0.744 bits per heavy atom. The maximum atomic E-state index is 12.7. The van der Waals surface area contributed by atoms with Crippen molar-refractivity contribution in [2.75, 3.05) is 17.2 Å². The number of hydrogen-bond donors (Lipinski definition) is 3. The Balaban J connectivity index is 1.26. The molecule has 4 rings (SSSR count). The minimum atomic E-state index is -1.03. The number of anilines is 2. The van der Waals surface area contributed by atoms with E-state index >= 15 is 0 Å². The van der Waals surface area contributed by atoms with E-state index in [0.29, 0.717) is 34.9 Å². The third-order valence-corrected chi connectivity index (χ3v) is 5.98. The number of nitrogens with one attached hydrogen (secondary N) is 3. The van der Waals surface area contributed by atoms with E-state index in [-0.39, 0.29) is 11.3 Å². The van der Waals surface area contributed by atoms with Gasteiger partial charge < -0.3 is 20.1 Å². The largest absolute Gasteiger partial charge is 0.494 e. The summed E-state index contributed by atoms with van der Waals surface area (Å²) in [7, 11) is 0. The zero-order valence-corrected chi connectivity index (χ0v) is 23.4. The molecule has 0 spiro atoms. The molecule has 0 bridgehead atoms. The molecule has 0 saturated heterocycles. The van der Waals surface area contributed by atoms with E-state index in [1.807, 2.05) is 6.07 Å². The molecule has 3 N–H and O–H groups in total. The van der Waals surface area contributed by atoms with Crippen LogP contribution in [-0.2, 0) is 9.59 Å². The SMILES string of the molecule is CCCCOc1ccc(C(=O)Oc2ccc(/C=N\NC(=O)C(=O)Nc3ccccc3C(=O)Nc3ccccc3)cc2)cc1. The van der Waals surface area contributed by atoms with E-state index in [4.69, 9.17) is 9.47 Å². The van der Waals surface area contributed by atoms with Gasteiger partial charge in [0.15, 0.2) is 0 Å². The van der Waals surface area contributed by atoms with Gasteiger partial charge in [0, 0.05) is 5.69 Å². The molecule has 0 aliphatic heterocycles. The molecule has 0 aliphatic carbocycles. The number of amides is 3. The summed E-state index contributed by atoms with van der Waals surface area (Å²) in [5.74, 6) is -1.97. The lowest BCUT2D eigenvalue weighted by molar-refractivity contribution is -0.136. The number of hydrogen-bond acceptors (Lipinski definition) is 7. The molecule has 3 amide bonds. The van der Waals surface area contributed by atoms with Gasteiger partial charge in [0.25, 0.3) is 5.91 Å². The maximum Gasteiger partial charge on any atom is 0.343 e. The second-order valence-corrected chi connectivity index (χ2v) is 9.20. The highest BCUT2D eigenvalue weighted by Crippen LogP contribution is 2.18. The molecule has 10 nitrogen and oxygen atoms in total. The van der Waals surface area contributed by atoms with E-state index in [9.17, 15) is 19.2 Å². The van der Waals surface area contributed by atoms with Crippen LogP contribution in [0, 0.1) is 0 Å². The molecule has 0 fully saturated rings. The zero-order valence-electron chi connectivity index (χ0n) is 23.4. The van der Waals surface area contributed by atoms with Crippen LogP contribution in [0.25, 0.3) is 0 Å². The summed E-state index contributed by atoms with van der Waals surface area (Å²) >= 11 is 0. The summed E-state index contributed by atoms with van der Waals surface area (Å²) in [6.45, 7) is 2.71. The van der Waals surface area contributed by atoms with E-state index in [0.717, 1.165) is 12.8 Å². The van der Waals surface area contributed by atoms with Crippen molar-refractivity contribution in [2.45, 2.75) is 19.8 Å². The highest BCUT2D eigenvalue weighted by molar-refractivity contribution is 6.40. The fourth-order valence-corrected chi connectivity index (χ4v) is 3.71. The van der Waals surface area contributed by atoms with Crippen LogP contribution in [0.4, 0.5) is 11.4 Å². The maximum absolute atomic E-state index is 12.7. The lowest BCUT2D eigenvalue weighted by Crippen LogP contribution is -2.33. The van der Waals surface area contributed by atoms with Gasteiger partial charge in [-0.2, -0.15) is 5.10 Å². The Bertz CT molecular complexity index is 1590. The lowest BCUT2D eigenvalue weighted by atomic mass is 10.1. The Labute approximate surface area is 248 Å². The second-order valence-electron chi connectivity index (χ2n) is 9.20. The molecule has 0 saturated carbocycles. The fourth-order valence-electron chi connectivity index (χ4n) is 3.71. The number of hydrazone groups is 1. The van der Waals surface area contributed by atoms with E-state index in [1.165, 1.54) is 18.3 Å². The van der Waals surface area contributed by atoms with Crippen LogP contribution in [0.2, 0.25) is 0 Å². The monoisotopic (exact) mass is 578 g/mol. The summed E-state index contributed by atoms with van der Waals surface area (Å²) in [4.78, 5) is 49.9. The van der Waals surface area contributed by atoms with Gasteiger partial charge in [-0.25, -0.2) is 10.2 Å². The van der Waals surface area contributed by atoms with Crippen molar-refractivity contribution in [1.82, 2.24) is 5.43 Å². The summed E-state index contributed by atoms with van der Waals surface area (Å²) in [6, 6.07) is 28.3. The minimum absolute atomic E-state index is 0.168. The molecule has 0 aliphatic rings. The first-order chi connectivity index (χ1) is 20.9. The third-order valence-electron chi connectivity index (χ3n) is 5.98. The topological polar surface area (TPSA) is 135 Å². The van der Waals surface area contributed by atoms with Crippen LogP contribution in [0.1, 0.15) is 46.0 Å². The fraction of sp³-hybridized carbons (Fsp3) is 0.121. The molecule has 0 atom stereocenters. The summed E-state index contributed by atoms with van der Waals surface area (Å²) in [5.41, 5.74) is 4.06. The third kappa shape index (κ3) is 9.12. The molecule has 10 heteroatoms. The molecule has 218 valence electrons. The Morgan fingerprint density at radius 3 is 2.14 bits per heavy atom. The van der Waals surface area contributed by atoms with Crippen molar-refractivity contribution < 1.29 is 28.7 Å². The quantitative estimate of drug-likeness (QED) is 0.0543. The zero-order chi connectivity index (χ0) is 30.4. The highest BCUT2D eigenvalue weighted by atomic mass is 16.5. The molecular formula is C33H30N4O6. The number of unbranched alkanes of at least 4 members (excludes halogenated alkanes) is 1. The van der Waals surface area contributed by atoms with Crippen molar-refractivity contribution in [1.29, 1.82) is 0 Å². The van der Waals surface area contributed by atoms with Gasteiger partial charge in [0.1, 0.15) is 11.5 Å². The Kier molecular flexibility index (Phi) is 10.7. The summed E-state index contributed by atoms with van der Waals surface area (Å²) < 4.78 is 11.0. The van der Waals surface area contributed by atoms with Gasteiger partial charge in [-0.15, -0.1) is 0 Å². The highest BCUT2D eigenvalue weighted by Gasteiger charge is 2.18. The molecule has 0 radical (unpaired) electrons. The Morgan fingerprint density at radius 2 is 1.42 bits per heavy atom. The number of nitrogens with zero attached hydrogens (tertiary/aromatic N) is 1. The first-order valence-electron chi connectivity index (χ1n) is 13.6. The van der Waals surface area contributed by atoms with E-state index in [1.54, 1.807) is 84.9 Å². The minimum Gasteiger partial charge on any atom is -0.494 e. The molecule has 0 heterocycles. The van der Waals surface area contributed by atoms with Gasteiger partial charge in [-0.3, -0.25) is 14.4 Å². The number of esters is 1. The van der Waals surface area contributed by atoms with Crippen molar-refractivity contribution in [3.05, 3.63) is 120 Å². The van der Waals surface area contributed by atoms with E-state index < -0.39 is 23.7 Å². The predicted molar refractivity (Wildman–Crippen MR) is 163 cm³/mol. The Hall–Kier alpha value is -5.77. The van der Waals surface area contributed by atoms with Gasteiger partial charge in [0.05, 0.1) is 29.6 Å².